The minimum Gasteiger partial charge on any atom is -0.387 e. The summed E-state index contributed by atoms with van der Waals surface area (Å²) in [6.45, 7) is 6.08. The van der Waals surface area contributed by atoms with Gasteiger partial charge in [-0.2, -0.15) is 13.2 Å². The molecule has 120 valence electrons. The first-order chi connectivity index (χ1) is 10.1. The van der Waals surface area contributed by atoms with E-state index in [1.165, 1.54) is 24.4 Å². The van der Waals surface area contributed by atoms with Crippen molar-refractivity contribution < 1.29 is 18.3 Å². The second-order valence-corrected chi connectivity index (χ2v) is 6.25. The van der Waals surface area contributed by atoms with Gasteiger partial charge in [-0.25, -0.2) is 0 Å². The molecular weight excluding hydrogens is 293 g/mol. The summed E-state index contributed by atoms with van der Waals surface area (Å²) in [5, 5.41) is 13.4. The van der Waals surface area contributed by atoms with E-state index >= 15 is 0 Å². The van der Waals surface area contributed by atoms with Crippen molar-refractivity contribution in [1.29, 1.82) is 0 Å². The summed E-state index contributed by atoms with van der Waals surface area (Å²) in [4.78, 5) is 4.03. The van der Waals surface area contributed by atoms with E-state index in [-0.39, 0.29) is 23.0 Å². The Morgan fingerprint density at radius 3 is 2.45 bits per heavy atom. The van der Waals surface area contributed by atoms with Gasteiger partial charge in [0.25, 0.3) is 0 Å². The van der Waals surface area contributed by atoms with E-state index < -0.39 is 17.8 Å². The number of benzene rings is 1. The number of hydrogen-bond donors (Lipinski definition) is 2. The van der Waals surface area contributed by atoms with Crippen molar-refractivity contribution in [2.45, 2.75) is 38.6 Å². The molecule has 0 aliphatic rings. The Hall–Kier alpha value is -1.66. The summed E-state index contributed by atoms with van der Waals surface area (Å²) in [5.74, 6) is 0. The Morgan fingerprint density at radius 1 is 1.18 bits per heavy atom. The largest absolute Gasteiger partial charge is 0.417 e. The lowest BCUT2D eigenvalue weighted by Gasteiger charge is -2.23. The van der Waals surface area contributed by atoms with E-state index in [0.29, 0.717) is 5.56 Å². The van der Waals surface area contributed by atoms with E-state index in [1.807, 2.05) is 20.8 Å². The van der Waals surface area contributed by atoms with Gasteiger partial charge in [-0.3, -0.25) is 4.98 Å². The van der Waals surface area contributed by atoms with Crippen molar-refractivity contribution in [3.05, 3.63) is 41.6 Å². The molecule has 2 aromatic rings. The maximum Gasteiger partial charge on any atom is 0.417 e. The fraction of sp³-hybridized carbons (Fsp3) is 0.438. The topological polar surface area (TPSA) is 45.1 Å². The third-order valence-electron chi connectivity index (χ3n) is 3.29. The summed E-state index contributed by atoms with van der Waals surface area (Å²) in [7, 11) is 0. The molecule has 0 unspecified atom stereocenters. The molecule has 1 aromatic carbocycles. The van der Waals surface area contributed by atoms with Crippen LogP contribution in [0.3, 0.4) is 0 Å². The maximum atomic E-state index is 13.1. The van der Waals surface area contributed by atoms with E-state index in [9.17, 15) is 18.3 Å². The third-order valence-corrected chi connectivity index (χ3v) is 3.29. The first kappa shape index (κ1) is 16.7. The smallest absolute Gasteiger partial charge is 0.387 e. The number of nitrogens with one attached hydrogen (secondary N) is 1. The number of aliphatic hydroxyl groups excluding tert-OH is 1. The van der Waals surface area contributed by atoms with Gasteiger partial charge >= 0.3 is 6.18 Å². The molecule has 0 radical (unpaired) electrons. The van der Waals surface area contributed by atoms with E-state index in [2.05, 4.69) is 10.3 Å². The van der Waals surface area contributed by atoms with Crippen LogP contribution >= 0.6 is 0 Å². The van der Waals surface area contributed by atoms with Crippen LogP contribution in [0.25, 0.3) is 10.9 Å². The Kier molecular flexibility index (Phi) is 4.44. The number of fused-ring (bicyclic) bond motifs is 1. The zero-order chi connectivity index (χ0) is 16.5. The number of pyridine rings is 1. The molecule has 0 amide bonds. The van der Waals surface area contributed by atoms with Crippen molar-refractivity contribution >= 4 is 10.9 Å². The number of rotatable bonds is 3. The second kappa shape index (κ2) is 5.85. The third kappa shape index (κ3) is 3.75. The molecule has 0 aliphatic heterocycles. The summed E-state index contributed by atoms with van der Waals surface area (Å²) in [6.07, 6.45) is -3.96. The molecule has 1 heterocycles. The second-order valence-electron chi connectivity index (χ2n) is 6.25. The quantitative estimate of drug-likeness (QED) is 0.909. The number of β-amino-alcohol motifs (C(OH)–C–C–N with tert-alkyl or cyclic N) is 1. The average Bonchev–Trinajstić information content (AvgIpc) is 2.41. The van der Waals surface area contributed by atoms with Gasteiger partial charge in [-0.15, -0.1) is 0 Å². The molecule has 2 N–H and O–H groups in total. The highest BCUT2D eigenvalue weighted by Gasteiger charge is 2.33. The summed E-state index contributed by atoms with van der Waals surface area (Å²) in [6, 6.07) is 5.13. The highest BCUT2D eigenvalue weighted by atomic mass is 19.4. The molecule has 2 rings (SSSR count). The molecule has 0 saturated heterocycles. The lowest BCUT2D eigenvalue weighted by molar-refractivity contribution is -0.136. The molecule has 1 aromatic heterocycles. The minimum atomic E-state index is -4.45. The zero-order valence-corrected chi connectivity index (χ0v) is 12.7. The summed E-state index contributed by atoms with van der Waals surface area (Å²) >= 11 is 0. The highest BCUT2D eigenvalue weighted by molar-refractivity contribution is 5.85. The molecule has 1 atom stereocenters. The van der Waals surface area contributed by atoms with Crippen molar-refractivity contribution in [2.24, 2.45) is 0 Å². The van der Waals surface area contributed by atoms with Crippen LogP contribution in [0.4, 0.5) is 13.2 Å². The normalized spacial score (nSPS) is 14.3. The van der Waals surface area contributed by atoms with Gasteiger partial charge < -0.3 is 10.4 Å². The SMILES string of the molecule is CC(C)(C)NC[C@H](O)c1ccc(C(F)(F)F)c2cccnc12. The van der Waals surface area contributed by atoms with Crippen LogP contribution in [0.1, 0.15) is 38.0 Å². The van der Waals surface area contributed by atoms with Crippen LogP contribution in [-0.4, -0.2) is 22.2 Å². The number of hydrogen-bond acceptors (Lipinski definition) is 3. The van der Waals surface area contributed by atoms with Gasteiger partial charge in [0.1, 0.15) is 0 Å². The zero-order valence-electron chi connectivity index (χ0n) is 12.7. The van der Waals surface area contributed by atoms with Crippen LogP contribution in [0.5, 0.6) is 0 Å². The molecule has 0 fully saturated rings. The van der Waals surface area contributed by atoms with Crippen molar-refractivity contribution in [1.82, 2.24) is 10.3 Å². The lowest BCUT2D eigenvalue weighted by atomic mass is 9.99. The van der Waals surface area contributed by atoms with Crippen LogP contribution in [0.2, 0.25) is 0 Å². The Bertz CT molecular complexity index is 662. The predicted molar refractivity (Wildman–Crippen MR) is 79.5 cm³/mol. The van der Waals surface area contributed by atoms with Crippen molar-refractivity contribution in [2.75, 3.05) is 6.54 Å². The number of aliphatic hydroxyl groups is 1. The van der Waals surface area contributed by atoms with Gasteiger partial charge in [-0.05, 0) is 32.9 Å². The molecule has 3 nitrogen and oxygen atoms in total. The van der Waals surface area contributed by atoms with Crippen molar-refractivity contribution in [3.8, 4) is 0 Å². The average molecular weight is 312 g/mol. The Morgan fingerprint density at radius 2 is 1.86 bits per heavy atom. The van der Waals surface area contributed by atoms with Crippen LogP contribution < -0.4 is 5.32 Å². The Labute approximate surface area is 127 Å². The van der Waals surface area contributed by atoms with E-state index in [1.54, 1.807) is 0 Å². The Balaban J connectivity index is 2.44. The van der Waals surface area contributed by atoms with Crippen LogP contribution in [-0.2, 0) is 6.18 Å². The minimum absolute atomic E-state index is 0.00214. The monoisotopic (exact) mass is 312 g/mol. The van der Waals surface area contributed by atoms with Crippen LogP contribution in [0, 0.1) is 0 Å². The fourth-order valence-corrected chi connectivity index (χ4v) is 2.22. The molecule has 0 aliphatic carbocycles. The molecular formula is C16H19F3N2O. The molecule has 6 heteroatoms. The number of alkyl halides is 3. The standard InChI is InChI=1S/C16H19F3N2O/c1-15(2,3)21-9-13(22)11-6-7-12(16(17,18)19)10-5-4-8-20-14(10)11/h4-8,13,21-22H,9H2,1-3H3/t13-/m0/s1. The first-order valence-electron chi connectivity index (χ1n) is 6.97. The highest BCUT2D eigenvalue weighted by Crippen LogP contribution is 2.36. The fourth-order valence-electron chi connectivity index (χ4n) is 2.22. The molecule has 0 spiro atoms. The van der Waals surface area contributed by atoms with Crippen LogP contribution in [0.15, 0.2) is 30.5 Å². The molecule has 22 heavy (non-hydrogen) atoms. The van der Waals surface area contributed by atoms with Gasteiger partial charge in [0, 0.05) is 29.2 Å². The van der Waals surface area contributed by atoms with E-state index in [0.717, 1.165) is 6.07 Å². The molecule has 0 bridgehead atoms. The van der Waals surface area contributed by atoms with Gasteiger partial charge in [0.2, 0.25) is 0 Å². The van der Waals surface area contributed by atoms with Gasteiger partial charge in [0.05, 0.1) is 17.2 Å². The predicted octanol–water partition coefficient (Wildman–Crippen LogP) is 3.68. The van der Waals surface area contributed by atoms with Gasteiger partial charge in [0.15, 0.2) is 0 Å². The summed E-state index contributed by atoms with van der Waals surface area (Å²) < 4.78 is 39.2. The van der Waals surface area contributed by atoms with E-state index in [4.69, 9.17) is 0 Å². The number of aromatic nitrogens is 1. The van der Waals surface area contributed by atoms with Crippen molar-refractivity contribution in [3.63, 3.8) is 0 Å². The maximum absolute atomic E-state index is 13.1. The number of halogens is 3. The lowest BCUT2D eigenvalue weighted by Crippen LogP contribution is -2.38. The first-order valence-corrected chi connectivity index (χ1v) is 6.97. The van der Waals surface area contributed by atoms with Gasteiger partial charge in [-0.1, -0.05) is 12.1 Å². The number of nitrogens with zero attached hydrogens (tertiary/aromatic N) is 1. The summed E-state index contributed by atoms with van der Waals surface area (Å²) in [5.41, 5.74) is -0.368. The molecule has 0 saturated carbocycles.